The van der Waals surface area contributed by atoms with E-state index in [4.69, 9.17) is 4.98 Å². The number of nitrogens with one attached hydrogen (secondary N) is 2. The zero-order chi connectivity index (χ0) is 22.5. The Labute approximate surface area is 183 Å². The van der Waals surface area contributed by atoms with Gasteiger partial charge >= 0.3 is 0 Å². The van der Waals surface area contributed by atoms with Gasteiger partial charge in [-0.1, -0.05) is 18.2 Å². The Bertz CT molecular complexity index is 1130. The van der Waals surface area contributed by atoms with Gasteiger partial charge in [0.15, 0.2) is 5.82 Å². The van der Waals surface area contributed by atoms with Crippen LogP contribution < -0.4 is 5.32 Å². The molecule has 0 unspecified atom stereocenters. The molecule has 3 aromatic rings. The van der Waals surface area contributed by atoms with Gasteiger partial charge in [0.1, 0.15) is 5.69 Å². The maximum Gasteiger partial charge on any atom is 0.272 e. The molecule has 3 N–H and O–H groups in total. The second-order valence-electron chi connectivity index (χ2n) is 9.44. The van der Waals surface area contributed by atoms with Crippen LogP contribution >= 0.6 is 0 Å². The van der Waals surface area contributed by atoms with E-state index in [2.05, 4.69) is 49.3 Å². The quantitative estimate of drug-likeness (QED) is 0.576. The van der Waals surface area contributed by atoms with Crippen molar-refractivity contribution in [2.45, 2.75) is 53.7 Å². The Morgan fingerprint density at radius 1 is 1.23 bits per heavy atom. The first-order valence-corrected chi connectivity index (χ1v) is 10.9. The highest BCUT2D eigenvalue weighted by Crippen LogP contribution is 2.31. The summed E-state index contributed by atoms with van der Waals surface area (Å²) < 4.78 is 0. The van der Waals surface area contributed by atoms with Gasteiger partial charge in [-0.2, -0.15) is 0 Å². The van der Waals surface area contributed by atoms with Crippen LogP contribution in [0.4, 0.5) is 5.82 Å². The lowest BCUT2D eigenvalue weighted by atomic mass is 9.84. The van der Waals surface area contributed by atoms with Crippen molar-refractivity contribution in [2.75, 3.05) is 18.4 Å². The molecule has 1 aliphatic heterocycles. The SMILES string of the molecule is Cc1cccc(C)c1CNc1nc(C(=O)N2CC(C(C)(C)O)C2)cc2c(C)c(C)[nH]c12. The number of anilines is 1. The summed E-state index contributed by atoms with van der Waals surface area (Å²) in [7, 11) is 0. The van der Waals surface area contributed by atoms with Crippen molar-refractivity contribution < 1.29 is 9.90 Å². The van der Waals surface area contributed by atoms with Crippen LogP contribution in [0, 0.1) is 33.6 Å². The molecule has 2 aromatic heterocycles. The van der Waals surface area contributed by atoms with Crippen LogP contribution in [-0.4, -0.2) is 44.6 Å². The fourth-order valence-electron chi connectivity index (χ4n) is 4.24. The van der Waals surface area contributed by atoms with E-state index >= 15 is 0 Å². The number of fused-ring (bicyclic) bond motifs is 1. The highest BCUT2D eigenvalue weighted by atomic mass is 16.3. The molecule has 0 bridgehead atoms. The molecule has 1 amide bonds. The number of hydrogen-bond donors (Lipinski definition) is 3. The average molecular weight is 421 g/mol. The number of H-pyrrole nitrogens is 1. The van der Waals surface area contributed by atoms with E-state index in [0.29, 0.717) is 31.1 Å². The molecule has 0 spiro atoms. The van der Waals surface area contributed by atoms with Gasteiger partial charge in [-0.25, -0.2) is 4.98 Å². The van der Waals surface area contributed by atoms with Crippen LogP contribution in [0.3, 0.4) is 0 Å². The first-order valence-electron chi connectivity index (χ1n) is 10.9. The van der Waals surface area contributed by atoms with Crippen molar-refractivity contribution in [3.05, 3.63) is 57.9 Å². The van der Waals surface area contributed by atoms with E-state index in [1.54, 1.807) is 18.7 Å². The molecular weight excluding hydrogens is 388 g/mol. The first kappa shape index (κ1) is 21.4. The molecule has 164 valence electrons. The van der Waals surface area contributed by atoms with E-state index in [9.17, 15) is 9.90 Å². The smallest absolute Gasteiger partial charge is 0.272 e. The molecule has 0 aliphatic carbocycles. The summed E-state index contributed by atoms with van der Waals surface area (Å²) in [6.07, 6.45) is 0. The van der Waals surface area contributed by atoms with Crippen LogP contribution in [0.25, 0.3) is 10.9 Å². The topological polar surface area (TPSA) is 81.2 Å². The zero-order valence-electron chi connectivity index (χ0n) is 19.3. The molecule has 6 heteroatoms. The van der Waals surface area contributed by atoms with Crippen molar-refractivity contribution in [1.29, 1.82) is 0 Å². The summed E-state index contributed by atoms with van der Waals surface area (Å²) in [5, 5.41) is 14.7. The third-order valence-electron chi connectivity index (χ3n) is 6.76. The second kappa shape index (κ2) is 7.68. The summed E-state index contributed by atoms with van der Waals surface area (Å²) in [4.78, 5) is 23.1. The number of benzene rings is 1. The lowest BCUT2D eigenvalue weighted by molar-refractivity contribution is -0.0508. The number of amides is 1. The van der Waals surface area contributed by atoms with Crippen molar-refractivity contribution in [3.63, 3.8) is 0 Å². The second-order valence-corrected chi connectivity index (χ2v) is 9.44. The Balaban J connectivity index is 1.65. The number of aromatic nitrogens is 2. The van der Waals surface area contributed by atoms with Crippen LogP contribution in [0.5, 0.6) is 0 Å². The number of hydrogen-bond acceptors (Lipinski definition) is 4. The summed E-state index contributed by atoms with van der Waals surface area (Å²) in [6, 6.07) is 8.17. The minimum absolute atomic E-state index is 0.0872. The largest absolute Gasteiger partial charge is 0.390 e. The molecule has 0 saturated carbocycles. The van der Waals surface area contributed by atoms with Gasteiger partial charge in [0.05, 0.1) is 11.1 Å². The summed E-state index contributed by atoms with van der Waals surface area (Å²) in [5.41, 5.74) is 6.48. The van der Waals surface area contributed by atoms with Gasteiger partial charge in [-0.15, -0.1) is 0 Å². The lowest BCUT2D eigenvalue weighted by Gasteiger charge is -2.45. The van der Waals surface area contributed by atoms with Crippen molar-refractivity contribution in [2.24, 2.45) is 5.92 Å². The van der Waals surface area contributed by atoms with Crippen molar-refractivity contribution in [1.82, 2.24) is 14.9 Å². The molecular formula is C25H32N4O2. The Kier molecular flexibility index (Phi) is 5.30. The minimum atomic E-state index is -0.777. The molecule has 0 radical (unpaired) electrons. The fourth-order valence-corrected chi connectivity index (χ4v) is 4.24. The highest BCUT2D eigenvalue weighted by molar-refractivity contribution is 6.01. The number of carbonyl (C=O) groups excluding carboxylic acids is 1. The number of nitrogens with zero attached hydrogens (tertiary/aromatic N) is 2. The van der Waals surface area contributed by atoms with Crippen LogP contribution in [0.15, 0.2) is 24.3 Å². The van der Waals surface area contributed by atoms with Gasteiger partial charge in [0.2, 0.25) is 0 Å². The van der Waals surface area contributed by atoms with E-state index in [1.165, 1.54) is 16.7 Å². The Morgan fingerprint density at radius 3 is 2.48 bits per heavy atom. The minimum Gasteiger partial charge on any atom is -0.390 e. The zero-order valence-corrected chi connectivity index (χ0v) is 19.3. The predicted molar refractivity (Wildman–Crippen MR) is 125 cm³/mol. The van der Waals surface area contributed by atoms with E-state index in [0.717, 1.165) is 22.2 Å². The molecule has 1 saturated heterocycles. The van der Waals surface area contributed by atoms with Crippen LogP contribution in [0.1, 0.15) is 52.3 Å². The molecule has 1 aliphatic rings. The Hall–Kier alpha value is -2.86. The summed E-state index contributed by atoms with van der Waals surface area (Å²) in [6.45, 7) is 13.7. The number of likely N-dealkylation sites (tertiary alicyclic amines) is 1. The molecule has 31 heavy (non-hydrogen) atoms. The number of aliphatic hydroxyl groups is 1. The number of carbonyl (C=O) groups is 1. The first-order chi connectivity index (χ1) is 14.6. The summed E-state index contributed by atoms with van der Waals surface area (Å²) >= 11 is 0. The van der Waals surface area contributed by atoms with Crippen molar-refractivity contribution >= 4 is 22.6 Å². The Morgan fingerprint density at radius 2 is 1.87 bits per heavy atom. The number of rotatable bonds is 5. The van der Waals surface area contributed by atoms with Gasteiger partial charge < -0.3 is 20.3 Å². The third-order valence-corrected chi connectivity index (χ3v) is 6.76. The van der Waals surface area contributed by atoms with Gasteiger partial charge in [-0.3, -0.25) is 4.79 Å². The average Bonchev–Trinajstić information content (AvgIpc) is 2.93. The van der Waals surface area contributed by atoms with Crippen molar-refractivity contribution in [3.8, 4) is 0 Å². The predicted octanol–water partition coefficient (Wildman–Crippen LogP) is 4.25. The molecule has 4 rings (SSSR count). The molecule has 1 fully saturated rings. The number of pyridine rings is 1. The van der Waals surface area contributed by atoms with Gasteiger partial charge in [0.25, 0.3) is 5.91 Å². The standard InChI is InChI=1S/C25H32N4O2/c1-14-8-7-9-15(2)20(14)11-26-23-22-19(16(3)17(4)27-22)10-21(28-23)24(30)29-12-18(13-29)25(5,6)31/h7-10,18,27,31H,11-13H2,1-6H3,(H,26,28). The highest BCUT2D eigenvalue weighted by Gasteiger charge is 2.40. The summed E-state index contributed by atoms with van der Waals surface area (Å²) in [5.74, 6) is 0.702. The van der Waals surface area contributed by atoms with Gasteiger partial charge in [0, 0.05) is 36.6 Å². The normalized spacial score (nSPS) is 14.7. The van der Waals surface area contributed by atoms with E-state index in [-0.39, 0.29) is 11.8 Å². The number of aromatic amines is 1. The molecule has 6 nitrogen and oxygen atoms in total. The maximum atomic E-state index is 13.1. The molecule has 1 aromatic carbocycles. The van der Waals surface area contributed by atoms with E-state index in [1.807, 2.05) is 13.0 Å². The molecule has 3 heterocycles. The number of aryl methyl sites for hydroxylation is 4. The van der Waals surface area contributed by atoms with Crippen LogP contribution in [-0.2, 0) is 6.54 Å². The van der Waals surface area contributed by atoms with E-state index < -0.39 is 5.60 Å². The maximum absolute atomic E-state index is 13.1. The third kappa shape index (κ3) is 3.92. The van der Waals surface area contributed by atoms with Crippen LogP contribution in [0.2, 0.25) is 0 Å². The van der Waals surface area contributed by atoms with Gasteiger partial charge in [-0.05, 0) is 69.9 Å². The monoisotopic (exact) mass is 420 g/mol. The lowest BCUT2D eigenvalue weighted by Crippen LogP contribution is -2.57. The fraction of sp³-hybridized carbons (Fsp3) is 0.440. The molecule has 0 atom stereocenters.